The predicted octanol–water partition coefficient (Wildman–Crippen LogP) is 2.16. The Morgan fingerprint density at radius 1 is 1.17 bits per heavy atom. The Kier molecular flexibility index (Phi) is 5.25. The molecule has 8 nitrogen and oxygen atoms in total. The number of sulfonamides is 1. The van der Waals surface area contributed by atoms with Crippen LogP contribution in [0.5, 0.6) is 0 Å². The molecular weight excluding hydrogens is 402 g/mol. The van der Waals surface area contributed by atoms with Gasteiger partial charge in [0.1, 0.15) is 10.7 Å². The number of benzene rings is 1. The maximum atomic E-state index is 12.8. The number of pyridine rings is 1. The molecule has 1 unspecified atom stereocenters. The van der Waals surface area contributed by atoms with Gasteiger partial charge in [0, 0.05) is 19.8 Å². The molecule has 0 bridgehead atoms. The van der Waals surface area contributed by atoms with E-state index in [-0.39, 0.29) is 17.5 Å². The van der Waals surface area contributed by atoms with Crippen molar-refractivity contribution in [3.05, 3.63) is 65.1 Å². The van der Waals surface area contributed by atoms with Gasteiger partial charge in [0.05, 0.1) is 29.7 Å². The van der Waals surface area contributed by atoms with Crippen molar-refractivity contribution in [1.82, 2.24) is 14.8 Å². The summed E-state index contributed by atoms with van der Waals surface area (Å²) in [4.78, 5) is 6.50. The normalized spacial score (nSPS) is 16.4. The van der Waals surface area contributed by atoms with Crippen LogP contribution in [0.1, 0.15) is 22.5 Å². The van der Waals surface area contributed by atoms with Crippen LogP contribution in [0.15, 0.2) is 47.5 Å². The molecule has 1 aromatic carbocycles. The van der Waals surface area contributed by atoms with Gasteiger partial charge in [0.2, 0.25) is 0 Å². The summed E-state index contributed by atoms with van der Waals surface area (Å²) in [5.74, 6) is 0.635. The molecule has 0 fully saturated rings. The van der Waals surface area contributed by atoms with Crippen molar-refractivity contribution in [3.8, 4) is 0 Å². The molecule has 9 heteroatoms. The number of aromatic nitrogens is 3. The molecular formula is C21H25N5O3S. The Bertz CT molecular complexity index is 1170. The number of aryl methyl sites for hydroxylation is 2. The molecule has 158 valence electrons. The molecule has 30 heavy (non-hydrogen) atoms. The average molecular weight is 428 g/mol. The van der Waals surface area contributed by atoms with Gasteiger partial charge >= 0.3 is 0 Å². The van der Waals surface area contributed by atoms with E-state index in [1.54, 1.807) is 30.8 Å². The van der Waals surface area contributed by atoms with E-state index in [1.165, 1.54) is 17.3 Å². The van der Waals surface area contributed by atoms with Crippen molar-refractivity contribution in [3.63, 3.8) is 0 Å². The minimum absolute atomic E-state index is 0.00280. The molecule has 1 aliphatic rings. The molecule has 4 rings (SSSR count). The summed E-state index contributed by atoms with van der Waals surface area (Å²) in [6.45, 7) is 4.18. The largest absolute Gasteiger partial charge is 0.394 e. The second-order valence-corrected chi connectivity index (χ2v) is 9.25. The fourth-order valence-corrected chi connectivity index (χ4v) is 4.96. The molecule has 0 radical (unpaired) electrons. The smallest absolute Gasteiger partial charge is 0.263 e. The fraction of sp³-hybridized carbons (Fsp3) is 0.333. The monoisotopic (exact) mass is 427 g/mol. The van der Waals surface area contributed by atoms with Crippen LogP contribution in [-0.2, 0) is 30.0 Å². The lowest BCUT2D eigenvalue weighted by molar-refractivity contribution is 0.253. The first-order valence-electron chi connectivity index (χ1n) is 9.73. The Balaban J connectivity index is 1.59. The number of hydrogen-bond donors (Lipinski definition) is 2. The van der Waals surface area contributed by atoms with Crippen molar-refractivity contribution >= 4 is 21.5 Å². The van der Waals surface area contributed by atoms with Crippen molar-refractivity contribution in [1.29, 1.82) is 0 Å². The highest BCUT2D eigenvalue weighted by molar-refractivity contribution is 7.92. The summed E-state index contributed by atoms with van der Waals surface area (Å²) < 4.78 is 29.9. The number of nitrogens with one attached hydrogen (secondary N) is 1. The first-order chi connectivity index (χ1) is 14.3. The van der Waals surface area contributed by atoms with E-state index in [0.717, 1.165) is 12.1 Å². The zero-order valence-corrected chi connectivity index (χ0v) is 18.0. The molecule has 1 aliphatic heterocycles. The molecule has 0 amide bonds. The molecule has 1 atom stereocenters. The summed E-state index contributed by atoms with van der Waals surface area (Å²) >= 11 is 0. The number of rotatable bonds is 5. The minimum atomic E-state index is -3.79. The zero-order valence-electron chi connectivity index (χ0n) is 17.2. The summed E-state index contributed by atoms with van der Waals surface area (Å²) in [6, 6.07) is 11.3. The van der Waals surface area contributed by atoms with Crippen molar-refractivity contribution in [2.45, 2.75) is 37.8 Å². The summed E-state index contributed by atoms with van der Waals surface area (Å²) in [7, 11) is -2.03. The van der Waals surface area contributed by atoms with E-state index >= 15 is 0 Å². The third-order valence-corrected chi connectivity index (χ3v) is 6.97. The summed E-state index contributed by atoms with van der Waals surface area (Å²) in [5, 5.41) is 14.1. The SMILES string of the molecule is Cc1nn(C)c(C)c1NS(=O)(=O)c1ccc(N2Cc3ccccc3CC2CO)nc1. The highest BCUT2D eigenvalue weighted by Crippen LogP contribution is 2.28. The van der Waals surface area contributed by atoms with Crippen LogP contribution < -0.4 is 9.62 Å². The molecule has 0 saturated carbocycles. The second-order valence-electron chi connectivity index (χ2n) is 7.56. The first kappa shape index (κ1) is 20.4. The number of aliphatic hydroxyl groups is 1. The van der Waals surface area contributed by atoms with Crippen LogP contribution in [-0.4, -0.2) is 40.9 Å². The van der Waals surface area contributed by atoms with Gasteiger partial charge in [-0.2, -0.15) is 5.10 Å². The number of aliphatic hydroxyl groups excluding tert-OH is 1. The molecule has 0 aliphatic carbocycles. The number of hydrogen-bond acceptors (Lipinski definition) is 6. The third kappa shape index (κ3) is 3.66. The maximum absolute atomic E-state index is 12.8. The van der Waals surface area contributed by atoms with Gasteiger partial charge in [-0.05, 0) is 43.5 Å². The van der Waals surface area contributed by atoms with Crippen molar-refractivity contribution < 1.29 is 13.5 Å². The van der Waals surface area contributed by atoms with E-state index < -0.39 is 10.0 Å². The second kappa shape index (κ2) is 7.73. The molecule has 3 heterocycles. The Labute approximate surface area is 176 Å². The van der Waals surface area contributed by atoms with E-state index in [2.05, 4.69) is 26.9 Å². The molecule has 2 aromatic heterocycles. The van der Waals surface area contributed by atoms with Gasteiger partial charge in [0.25, 0.3) is 10.0 Å². The number of fused-ring (bicyclic) bond motifs is 1. The Hall–Kier alpha value is -2.91. The van der Waals surface area contributed by atoms with Crippen LogP contribution >= 0.6 is 0 Å². The summed E-state index contributed by atoms with van der Waals surface area (Å²) in [6.07, 6.45) is 2.07. The summed E-state index contributed by atoms with van der Waals surface area (Å²) in [5.41, 5.74) is 4.23. The lowest BCUT2D eigenvalue weighted by Gasteiger charge is -2.36. The van der Waals surface area contributed by atoms with Crippen LogP contribution in [0.4, 0.5) is 11.5 Å². The quantitative estimate of drug-likeness (QED) is 0.647. The van der Waals surface area contributed by atoms with Crippen molar-refractivity contribution in [2.24, 2.45) is 7.05 Å². The average Bonchev–Trinajstić information content (AvgIpc) is 2.98. The first-order valence-corrected chi connectivity index (χ1v) is 11.2. The van der Waals surface area contributed by atoms with E-state index in [1.807, 2.05) is 24.0 Å². The fourth-order valence-electron chi connectivity index (χ4n) is 3.83. The molecule has 3 aromatic rings. The van der Waals surface area contributed by atoms with Crippen molar-refractivity contribution in [2.75, 3.05) is 16.2 Å². The van der Waals surface area contributed by atoms with Gasteiger partial charge in [-0.15, -0.1) is 0 Å². The number of anilines is 2. The Morgan fingerprint density at radius 2 is 1.90 bits per heavy atom. The van der Waals surface area contributed by atoms with E-state index in [9.17, 15) is 13.5 Å². The van der Waals surface area contributed by atoms with E-state index in [4.69, 9.17) is 0 Å². The van der Waals surface area contributed by atoms with Gasteiger partial charge in [-0.3, -0.25) is 9.40 Å². The standard InChI is InChI=1S/C21H25N5O3S/c1-14-21(15(2)25(3)23-14)24-30(28,29)19-8-9-20(22-11-19)26-12-17-7-5-4-6-16(17)10-18(26)13-27/h4-9,11,18,24,27H,10,12-13H2,1-3H3. The molecule has 2 N–H and O–H groups in total. The topological polar surface area (TPSA) is 100 Å². The molecule has 0 spiro atoms. The minimum Gasteiger partial charge on any atom is -0.394 e. The van der Waals surface area contributed by atoms with Gasteiger partial charge < -0.3 is 10.0 Å². The predicted molar refractivity (Wildman–Crippen MR) is 115 cm³/mol. The van der Waals surface area contributed by atoms with Crippen LogP contribution in [0.25, 0.3) is 0 Å². The Morgan fingerprint density at radius 3 is 2.50 bits per heavy atom. The number of nitrogens with zero attached hydrogens (tertiary/aromatic N) is 4. The van der Waals surface area contributed by atoms with Crippen LogP contribution in [0.2, 0.25) is 0 Å². The highest BCUT2D eigenvalue weighted by Gasteiger charge is 2.27. The van der Waals surface area contributed by atoms with Crippen LogP contribution in [0.3, 0.4) is 0 Å². The molecule has 0 saturated heterocycles. The van der Waals surface area contributed by atoms with E-state index in [0.29, 0.717) is 23.7 Å². The lowest BCUT2D eigenvalue weighted by Crippen LogP contribution is -2.43. The van der Waals surface area contributed by atoms with Gasteiger partial charge in [0.15, 0.2) is 0 Å². The van der Waals surface area contributed by atoms with Gasteiger partial charge in [-0.25, -0.2) is 13.4 Å². The lowest BCUT2D eigenvalue weighted by atomic mass is 9.94. The zero-order chi connectivity index (χ0) is 21.5. The maximum Gasteiger partial charge on any atom is 0.263 e. The third-order valence-electron chi connectivity index (χ3n) is 5.64. The van der Waals surface area contributed by atoms with Gasteiger partial charge in [-0.1, -0.05) is 24.3 Å². The highest BCUT2D eigenvalue weighted by atomic mass is 32.2. The van der Waals surface area contributed by atoms with Crippen LogP contribution in [0, 0.1) is 13.8 Å².